The van der Waals surface area contributed by atoms with Crippen LogP contribution in [0.25, 0.3) is 0 Å². The van der Waals surface area contributed by atoms with Crippen molar-refractivity contribution < 1.29 is 4.79 Å². The Hall–Kier alpha value is -3.23. The van der Waals surface area contributed by atoms with Gasteiger partial charge in [-0.05, 0) is 49.7 Å². The van der Waals surface area contributed by atoms with E-state index in [-0.39, 0.29) is 5.91 Å². The predicted molar refractivity (Wildman–Crippen MR) is 140 cm³/mol. The second-order valence-corrected chi connectivity index (χ2v) is 9.92. The zero-order valence-corrected chi connectivity index (χ0v) is 20.9. The second kappa shape index (κ2) is 12.1. The van der Waals surface area contributed by atoms with Gasteiger partial charge in [0.1, 0.15) is 5.82 Å². The Morgan fingerprint density at radius 2 is 1.61 bits per heavy atom. The van der Waals surface area contributed by atoms with Crippen molar-refractivity contribution in [3.8, 4) is 0 Å². The molecule has 1 aromatic carbocycles. The van der Waals surface area contributed by atoms with Crippen LogP contribution in [0.3, 0.4) is 0 Å². The van der Waals surface area contributed by atoms with E-state index in [4.69, 9.17) is 0 Å². The van der Waals surface area contributed by atoms with Crippen molar-refractivity contribution in [2.75, 3.05) is 13.1 Å². The molecular formula is C28H37N7O. The predicted octanol–water partition coefficient (Wildman–Crippen LogP) is 4.03. The molecule has 0 bridgehead atoms. The smallest absolute Gasteiger partial charge is 0.290 e. The number of aromatic amines is 2. The number of carbonyl (C=O) groups excluding carboxylic acids is 1. The van der Waals surface area contributed by atoms with Crippen LogP contribution in [0.2, 0.25) is 0 Å². The molecule has 2 aliphatic rings. The molecule has 1 aliphatic heterocycles. The summed E-state index contributed by atoms with van der Waals surface area (Å²) in [4.78, 5) is 31.9. The second-order valence-electron chi connectivity index (χ2n) is 9.92. The Bertz CT molecular complexity index is 1070. The molecule has 1 fully saturated rings. The maximum Gasteiger partial charge on any atom is 0.290 e. The number of imidazole rings is 2. The SMILES string of the molecule is O=C(c1ncc[nH]1)N(Cc1ccc(CN[C@H]2CC[C@H](N3CCC=CCC3)CC2)cc1)Cc1ncc[nH]1. The molecule has 8 heteroatoms. The average molecular weight is 488 g/mol. The molecular weight excluding hydrogens is 450 g/mol. The first kappa shape index (κ1) is 24.5. The van der Waals surface area contributed by atoms with Crippen molar-refractivity contribution in [2.24, 2.45) is 0 Å². The summed E-state index contributed by atoms with van der Waals surface area (Å²) in [6.07, 6.45) is 18.9. The third-order valence-electron chi connectivity index (χ3n) is 7.42. The first-order valence-electron chi connectivity index (χ1n) is 13.2. The summed E-state index contributed by atoms with van der Waals surface area (Å²) < 4.78 is 0. The van der Waals surface area contributed by atoms with Crippen LogP contribution < -0.4 is 5.32 Å². The summed E-state index contributed by atoms with van der Waals surface area (Å²) in [6, 6.07) is 9.93. The molecule has 5 rings (SSSR count). The molecule has 3 heterocycles. The molecule has 3 aromatic rings. The van der Waals surface area contributed by atoms with Crippen LogP contribution in [0.15, 0.2) is 61.2 Å². The Morgan fingerprint density at radius 1 is 0.917 bits per heavy atom. The molecule has 36 heavy (non-hydrogen) atoms. The lowest BCUT2D eigenvalue weighted by atomic mass is 9.90. The van der Waals surface area contributed by atoms with Gasteiger partial charge in [-0.3, -0.25) is 9.69 Å². The van der Waals surface area contributed by atoms with Gasteiger partial charge in [0.15, 0.2) is 5.82 Å². The fraction of sp³-hybridized carbons (Fsp3) is 0.464. The maximum atomic E-state index is 13.0. The maximum absolute atomic E-state index is 13.0. The highest BCUT2D eigenvalue weighted by Crippen LogP contribution is 2.25. The van der Waals surface area contributed by atoms with Crippen molar-refractivity contribution in [3.63, 3.8) is 0 Å². The fourth-order valence-electron chi connectivity index (χ4n) is 5.38. The number of benzene rings is 1. The minimum Gasteiger partial charge on any atom is -0.347 e. The van der Waals surface area contributed by atoms with Gasteiger partial charge < -0.3 is 20.2 Å². The topological polar surface area (TPSA) is 92.9 Å². The summed E-state index contributed by atoms with van der Waals surface area (Å²) >= 11 is 0. The van der Waals surface area contributed by atoms with Crippen LogP contribution >= 0.6 is 0 Å². The molecule has 2 aromatic heterocycles. The largest absolute Gasteiger partial charge is 0.347 e. The van der Waals surface area contributed by atoms with Gasteiger partial charge in [0.25, 0.3) is 5.91 Å². The Balaban J connectivity index is 1.11. The van der Waals surface area contributed by atoms with Crippen molar-refractivity contribution in [3.05, 3.63) is 84.0 Å². The lowest BCUT2D eigenvalue weighted by Gasteiger charge is -2.36. The highest BCUT2D eigenvalue weighted by atomic mass is 16.2. The van der Waals surface area contributed by atoms with Gasteiger partial charge in [0.05, 0.1) is 6.54 Å². The first-order chi connectivity index (χ1) is 17.7. The minimum absolute atomic E-state index is 0.144. The quantitative estimate of drug-likeness (QED) is 0.396. The monoisotopic (exact) mass is 487 g/mol. The number of nitrogens with one attached hydrogen (secondary N) is 3. The van der Waals surface area contributed by atoms with Crippen molar-refractivity contribution in [1.82, 2.24) is 35.1 Å². The molecule has 0 saturated heterocycles. The van der Waals surface area contributed by atoms with E-state index >= 15 is 0 Å². The zero-order valence-electron chi connectivity index (χ0n) is 20.9. The summed E-state index contributed by atoms with van der Waals surface area (Å²) in [5.41, 5.74) is 2.35. The molecule has 3 N–H and O–H groups in total. The van der Waals surface area contributed by atoms with E-state index in [1.54, 1.807) is 29.7 Å². The van der Waals surface area contributed by atoms with Crippen LogP contribution in [0, 0.1) is 0 Å². The van der Waals surface area contributed by atoms with Gasteiger partial charge in [-0.1, -0.05) is 36.4 Å². The fourth-order valence-corrected chi connectivity index (χ4v) is 5.38. The van der Waals surface area contributed by atoms with Crippen molar-refractivity contribution in [2.45, 2.75) is 70.2 Å². The van der Waals surface area contributed by atoms with E-state index in [9.17, 15) is 4.79 Å². The Kier molecular flexibility index (Phi) is 8.25. The van der Waals surface area contributed by atoms with Gasteiger partial charge in [0, 0.05) is 63.1 Å². The van der Waals surface area contributed by atoms with Gasteiger partial charge in [-0.2, -0.15) is 0 Å². The number of amides is 1. The van der Waals surface area contributed by atoms with Crippen LogP contribution in [-0.2, 0) is 19.6 Å². The average Bonchev–Trinajstić information content (AvgIpc) is 3.58. The highest BCUT2D eigenvalue weighted by Gasteiger charge is 2.25. The summed E-state index contributed by atoms with van der Waals surface area (Å²) in [5, 5.41) is 3.78. The Morgan fingerprint density at radius 3 is 2.28 bits per heavy atom. The third-order valence-corrected chi connectivity index (χ3v) is 7.42. The minimum atomic E-state index is -0.144. The number of aromatic nitrogens is 4. The molecule has 8 nitrogen and oxygen atoms in total. The number of hydrogen-bond acceptors (Lipinski definition) is 5. The number of H-pyrrole nitrogens is 2. The molecule has 0 unspecified atom stereocenters. The summed E-state index contributed by atoms with van der Waals surface area (Å²) in [6.45, 7) is 4.20. The van der Waals surface area contributed by atoms with E-state index in [0.29, 0.717) is 25.0 Å². The Labute approximate surface area is 213 Å². The normalized spacial score (nSPS) is 20.8. The number of carbonyl (C=O) groups is 1. The first-order valence-corrected chi connectivity index (χ1v) is 13.2. The lowest BCUT2D eigenvalue weighted by Crippen LogP contribution is -2.42. The standard InChI is InChI=1S/C28H37N7O/c36-28(27-31-15-16-32-27)35(21-26-29-13-14-30-26)20-23-7-5-22(6-8-23)19-33-24-9-11-25(12-10-24)34-17-3-1-2-4-18-34/h1-2,5-8,13-16,24-25,33H,3-4,9-12,17-21H2,(H,29,30)(H,31,32)/t24-,25-. The zero-order chi connectivity index (χ0) is 24.6. The van der Waals surface area contributed by atoms with E-state index in [2.05, 4.69) is 66.6 Å². The molecule has 0 atom stereocenters. The number of nitrogens with zero attached hydrogens (tertiary/aromatic N) is 4. The number of hydrogen-bond donors (Lipinski definition) is 3. The summed E-state index contributed by atoms with van der Waals surface area (Å²) in [7, 11) is 0. The molecule has 190 valence electrons. The van der Waals surface area contributed by atoms with Gasteiger partial charge in [-0.15, -0.1) is 0 Å². The molecule has 1 aliphatic carbocycles. The lowest BCUT2D eigenvalue weighted by molar-refractivity contribution is 0.0714. The molecule has 1 amide bonds. The van der Waals surface area contributed by atoms with E-state index in [1.807, 2.05) is 0 Å². The van der Waals surface area contributed by atoms with E-state index in [0.717, 1.165) is 24.0 Å². The van der Waals surface area contributed by atoms with Crippen LogP contribution in [0.1, 0.15) is 66.1 Å². The van der Waals surface area contributed by atoms with Gasteiger partial charge >= 0.3 is 0 Å². The number of rotatable bonds is 9. The molecule has 0 spiro atoms. The molecule has 0 radical (unpaired) electrons. The van der Waals surface area contributed by atoms with Crippen LogP contribution in [0.4, 0.5) is 0 Å². The van der Waals surface area contributed by atoms with Gasteiger partial charge in [0.2, 0.25) is 0 Å². The van der Waals surface area contributed by atoms with E-state index < -0.39 is 0 Å². The van der Waals surface area contributed by atoms with Gasteiger partial charge in [-0.25, -0.2) is 9.97 Å². The third kappa shape index (κ3) is 6.50. The molecule has 1 saturated carbocycles. The van der Waals surface area contributed by atoms with Crippen LogP contribution in [0.5, 0.6) is 0 Å². The summed E-state index contributed by atoms with van der Waals surface area (Å²) in [5.74, 6) is 0.941. The highest BCUT2D eigenvalue weighted by molar-refractivity contribution is 5.90. The van der Waals surface area contributed by atoms with E-state index in [1.165, 1.54) is 57.2 Å². The van der Waals surface area contributed by atoms with Crippen LogP contribution in [-0.4, -0.2) is 60.8 Å². The van der Waals surface area contributed by atoms with Crippen molar-refractivity contribution in [1.29, 1.82) is 0 Å². The van der Waals surface area contributed by atoms with Crippen molar-refractivity contribution >= 4 is 5.91 Å².